The minimum atomic E-state index is 0. The Hall–Kier alpha value is -1.05. The standard InChI is InChI=1S/C12H20N2.C2H6.H2/c1-4-6-11(5-2)14-12-8-7-10(3)9-13-12;1-2;/h7-9,11H,4-6H2,1-3H3,(H,13,14);1-2H3;1H. The van der Waals surface area contributed by atoms with Crippen molar-refractivity contribution in [2.75, 3.05) is 5.32 Å². The van der Waals surface area contributed by atoms with Gasteiger partial charge in [-0.25, -0.2) is 4.98 Å². The van der Waals surface area contributed by atoms with Gasteiger partial charge in [0.15, 0.2) is 0 Å². The highest BCUT2D eigenvalue weighted by Gasteiger charge is 2.04. The van der Waals surface area contributed by atoms with Crippen LogP contribution >= 0.6 is 0 Å². The van der Waals surface area contributed by atoms with Crippen LogP contribution in [0.25, 0.3) is 0 Å². The molecule has 0 bridgehead atoms. The molecule has 1 aromatic rings. The number of rotatable bonds is 5. The van der Waals surface area contributed by atoms with E-state index in [0.717, 1.165) is 12.2 Å². The molecule has 0 radical (unpaired) electrons. The molecule has 1 heterocycles. The largest absolute Gasteiger partial charge is 0.367 e. The molecule has 94 valence electrons. The van der Waals surface area contributed by atoms with E-state index in [1.165, 1.54) is 18.4 Å². The van der Waals surface area contributed by atoms with Crippen molar-refractivity contribution in [2.45, 2.75) is 59.9 Å². The van der Waals surface area contributed by atoms with E-state index in [1.807, 2.05) is 26.1 Å². The van der Waals surface area contributed by atoms with Crippen LogP contribution in [0.1, 0.15) is 53.9 Å². The lowest BCUT2D eigenvalue weighted by Gasteiger charge is -2.16. The number of anilines is 1. The lowest BCUT2D eigenvalue weighted by Crippen LogP contribution is -2.18. The van der Waals surface area contributed by atoms with Crippen molar-refractivity contribution in [3.63, 3.8) is 0 Å². The molecule has 0 aromatic carbocycles. The van der Waals surface area contributed by atoms with Crippen LogP contribution < -0.4 is 5.32 Å². The molecular weight excluding hydrogens is 196 g/mol. The summed E-state index contributed by atoms with van der Waals surface area (Å²) in [6, 6.07) is 4.71. The van der Waals surface area contributed by atoms with E-state index in [0.29, 0.717) is 6.04 Å². The maximum absolute atomic E-state index is 4.34. The molecule has 1 N–H and O–H groups in total. The fourth-order valence-corrected chi connectivity index (χ4v) is 1.49. The highest BCUT2D eigenvalue weighted by atomic mass is 15.0. The van der Waals surface area contributed by atoms with Crippen molar-refractivity contribution in [1.82, 2.24) is 4.98 Å². The van der Waals surface area contributed by atoms with Gasteiger partial charge in [-0.15, -0.1) is 0 Å². The molecule has 1 rings (SSSR count). The summed E-state index contributed by atoms with van der Waals surface area (Å²) in [6.07, 6.45) is 5.49. The van der Waals surface area contributed by atoms with Crippen molar-refractivity contribution in [3.05, 3.63) is 23.9 Å². The molecule has 0 aliphatic carbocycles. The quantitative estimate of drug-likeness (QED) is 0.787. The van der Waals surface area contributed by atoms with Crippen LogP contribution in [0.4, 0.5) is 5.82 Å². The van der Waals surface area contributed by atoms with Crippen molar-refractivity contribution in [3.8, 4) is 0 Å². The third-order valence-corrected chi connectivity index (χ3v) is 2.39. The number of nitrogens with zero attached hydrogens (tertiary/aromatic N) is 1. The second-order valence-corrected chi connectivity index (χ2v) is 3.76. The normalized spacial score (nSPS) is 11.3. The summed E-state index contributed by atoms with van der Waals surface area (Å²) in [5.41, 5.74) is 1.21. The van der Waals surface area contributed by atoms with Gasteiger partial charge in [-0.1, -0.05) is 40.2 Å². The Morgan fingerprint density at radius 2 is 2.00 bits per heavy atom. The molecule has 0 spiro atoms. The van der Waals surface area contributed by atoms with E-state index < -0.39 is 0 Å². The number of pyridine rings is 1. The van der Waals surface area contributed by atoms with E-state index in [-0.39, 0.29) is 1.43 Å². The first-order valence-corrected chi connectivity index (χ1v) is 6.45. The van der Waals surface area contributed by atoms with Gasteiger partial charge in [-0.3, -0.25) is 0 Å². The minimum Gasteiger partial charge on any atom is -0.367 e. The number of aromatic nitrogens is 1. The smallest absolute Gasteiger partial charge is 0.126 e. The predicted octanol–water partition coefficient (Wildman–Crippen LogP) is 4.65. The molecule has 1 unspecified atom stereocenters. The molecule has 0 amide bonds. The van der Waals surface area contributed by atoms with Gasteiger partial charge >= 0.3 is 0 Å². The number of nitrogens with one attached hydrogen (secondary N) is 1. The Balaban J connectivity index is 0. The predicted molar refractivity (Wildman–Crippen MR) is 75.0 cm³/mol. The van der Waals surface area contributed by atoms with Crippen LogP contribution in [0.15, 0.2) is 18.3 Å². The maximum atomic E-state index is 4.34. The van der Waals surface area contributed by atoms with Gasteiger partial charge in [0.2, 0.25) is 0 Å². The Labute approximate surface area is 102 Å². The molecule has 0 aliphatic heterocycles. The third kappa shape index (κ3) is 5.74. The van der Waals surface area contributed by atoms with E-state index in [4.69, 9.17) is 0 Å². The van der Waals surface area contributed by atoms with Gasteiger partial charge in [0.25, 0.3) is 0 Å². The number of hydrogen-bond donors (Lipinski definition) is 1. The molecule has 0 aliphatic rings. The molecule has 2 nitrogen and oxygen atoms in total. The zero-order chi connectivity index (χ0) is 12.4. The molecular formula is C14H28N2. The first-order chi connectivity index (χ1) is 7.76. The van der Waals surface area contributed by atoms with Crippen molar-refractivity contribution in [1.29, 1.82) is 0 Å². The summed E-state index contributed by atoms with van der Waals surface area (Å²) in [5, 5.41) is 3.45. The fraction of sp³-hybridized carbons (Fsp3) is 0.643. The van der Waals surface area contributed by atoms with Crippen LogP contribution in [0.2, 0.25) is 0 Å². The zero-order valence-electron chi connectivity index (χ0n) is 11.4. The maximum Gasteiger partial charge on any atom is 0.126 e. The second kappa shape index (κ2) is 9.20. The van der Waals surface area contributed by atoms with E-state index >= 15 is 0 Å². The molecule has 16 heavy (non-hydrogen) atoms. The van der Waals surface area contributed by atoms with Gasteiger partial charge in [-0.2, -0.15) is 0 Å². The Bertz CT molecular complexity index is 259. The van der Waals surface area contributed by atoms with E-state index in [9.17, 15) is 0 Å². The summed E-state index contributed by atoms with van der Waals surface area (Å²) in [7, 11) is 0. The van der Waals surface area contributed by atoms with Crippen molar-refractivity contribution in [2.24, 2.45) is 0 Å². The first-order valence-electron chi connectivity index (χ1n) is 6.45. The van der Waals surface area contributed by atoms with Crippen LogP contribution in [-0.2, 0) is 0 Å². The van der Waals surface area contributed by atoms with E-state index in [1.54, 1.807) is 0 Å². The molecule has 0 saturated heterocycles. The monoisotopic (exact) mass is 224 g/mol. The first kappa shape index (κ1) is 14.9. The highest BCUT2D eigenvalue weighted by molar-refractivity contribution is 5.36. The van der Waals surface area contributed by atoms with Gasteiger partial charge in [-0.05, 0) is 31.4 Å². The van der Waals surface area contributed by atoms with Gasteiger partial charge in [0.05, 0.1) is 0 Å². The molecule has 0 fully saturated rings. The average molecular weight is 224 g/mol. The van der Waals surface area contributed by atoms with Crippen LogP contribution in [-0.4, -0.2) is 11.0 Å². The van der Waals surface area contributed by atoms with E-state index in [2.05, 4.69) is 37.1 Å². The lowest BCUT2D eigenvalue weighted by molar-refractivity contribution is 0.620. The van der Waals surface area contributed by atoms with Gasteiger partial charge in [0, 0.05) is 13.7 Å². The average Bonchev–Trinajstić information content (AvgIpc) is 2.34. The molecule has 1 aromatic heterocycles. The number of aryl methyl sites for hydroxylation is 1. The third-order valence-electron chi connectivity index (χ3n) is 2.39. The summed E-state index contributed by atoms with van der Waals surface area (Å²) < 4.78 is 0. The molecule has 0 saturated carbocycles. The zero-order valence-corrected chi connectivity index (χ0v) is 11.4. The molecule has 2 heteroatoms. The SMILES string of the molecule is CC.CCCC(CC)Nc1ccc(C)cn1.[HH]. The van der Waals surface area contributed by atoms with Crippen LogP contribution in [0, 0.1) is 6.92 Å². The topological polar surface area (TPSA) is 24.9 Å². The number of hydrogen-bond acceptors (Lipinski definition) is 2. The van der Waals surface area contributed by atoms with Crippen molar-refractivity contribution < 1.29 is 1.43 Å². The Morgan fingerprint density at radius 3 is 2.44 bits per heavy atom. The van der Waals surface area contributed by atoms with Gasteiger partial charge in [0.1, 0.15) is 5.82 Å². The summed E-state index contributed by atoms with van der Waals surface area (Å²) in [6.45, 7) is 10.5. The highest BCUT2D eigenvalue weighted by Crippen LogP contribution is 2.10. The molecule has 1 atom stereocenters. The summed E-state index contributed by atoms with van der Waals surface area (Å²) in [5.74, 6) is 0.996. The van der Waals surface area contributed by atoms with Crippen molar-refractivity contribution >= 4 is 5.82 Å². The second-order valence-electron chi connectivity index (χ2n) is 3.76. The van der Waals surface area contributed by atoms with Crippen LogP contribution in [0.3, 0.4) is 0 Å². The minimum absolute atomic E-state index is 0. The lowest BCUT2D eigenvalue weighted by atomic mass is 10.1. The Morgan fingerprint density at radius 1 is 1.31 bits per heavy atom. The Kier molecular flexibility index (Phi) is 8.59. The van der Waals surface area contributed by atoms with Gasteiger partial charge < -0.3 is 5.32 Å². The summed E-state index contributed by atoms with van der Waals surface area (Å²) in [4.78, 5) is 4.34. The fourth-order valence-electron chi connectivity index (χ4n) is 1.49. The summed E-state index contributed by atoms with van der Waals surface area (Å²) >= 11 is 0. The van der Waals surface area contributed by atoms with Crippen LogP contribution in [0.5, 0.6) is 0 Å².